The fourth-order valence-corrected chi connectivity index (χ4v) is 1.64. The van der Waals surface area contributed by atoms with Gasteiger partial charge in [-0.1, -0.05) is 52.4 Å². The number of ether oxygens (including phenoxy) is 2. The molecule has 0 rings (SSSR count). The Morgan fingerprint density at radius 2 is 1.09 bits per heavy atom. The van der Waals surface area contributed by atoms with Crippen LogP contribution in [0.25, 0.3) is 0 Å². The highest BCUT2D eigenvalue weighted by molar-refractivity contribution is 5.91. The summed E-state index contributed by atoms with van der Waals surface area (Å²) in [5.74, 6) is -0.964. The molecule has 0 heterocycles. The summed E-state index contributed by atoms with van der Waals surface area (Å²) in [6.45, 7) is 5.08. The second-order valence-electron chi connectivity index (χ2n) is 5.29. The summed E-state index contributed by atoms with van der Waals surface area (Å²) in [7, 11) is 3.75. The Morgan fingerprint density at radius 3 is 1.39 bits per heavy atom. The number of esters is 2. The van der Waals surface area contributed by atoms with Crippen molar-refractivity contribution in [1.82, 2.24) is 5.32 Å². The Balaban J connectivity index is 0. The molecule has 0 aromatic rings. The van der Waals surface area contributed by atoms with E-state index in [1.54, 1.807) is 0 Å². The van der Waals surface area contributed by atoms with Crippen molar-refractivity contribution in [3.05, 3.63) is 12.2 Å². The lowest BCUT2D eigenvalue weighted by molar-refractivity contribution is -0.140. The number of carbonyl (C=O) groups is 2. The van der Waals surface area contributed by atoms with Crippen LogP contribution in [0.2, 0.25) is 0 Å². The molecule has 0 atom stereocenters. The number of nitrogens with one attached hydrogen (secondary N) is 1. The lowest BCUT2D eigenvalue weighted by atomic mass is 10.2. The predicted molar refractivity (Wildman–Crippen MR) is 94.3 cm³/mol. The predicted octanol–water partition coefficient (Wildman–Crippen LogP) is 3.63. The van der Waals surface area contributed by atoms with Gasteiger partial charge in [0.15, 0.2) is 0 Å². The normalized spacial score (nSPS) is 10.1. The second kappa shape index (κ2) is 20.6. The standard InChI is InChI=1S/C16H28O4.C2H7N/c1-3-5-7-9-13-19-15(17)11-12-16(18)20-14-10-8-6-4-2;1-3-2/h11-12H,3-10,13-14H2,1-2H3;3H,1-2H3. The minimum atomic E-state index is -0.482. The summed E-state index contributed by atoms with van der Waals surface area (Å²) < 4.78 is 9.93. The van der Waals surface area contributed by atoms with Crippen molar-refractivity contribution in [2.24, 2.45) is 0 Å². The molecular formula is C18H35NO4. The van der Waals surface area contributed by atoms with Crippen molar-refractivity contribution < 1.29 is 19.1 Å². The van der Waals surface area contributed by atoms with Crippen LogP contribution in [-0.4, -0.2) is 39.2 Å². The van der Waals surface area contributed by atoms with Gasteiger partial charge in [0.1, 0.15) is 0 Å². The smallest absolute Gasteiger partial charge is 0.331 e. The zero-order valence-electron chi connectivity index (χ0n) is 15.4. The molecule has 0 spiro atoms. The minimum absolute atomic E-state index is 0.412. The van der Waals surface area contributed by atoms with Gasteiger partial charge in [0, 0.05) is 12.2 Å². The highest BCUT2D eigenvalue weighted by atomic mass is 16.5. The van der Waals surface area contributed by atoms with E-state index >= 15 is 0 Å². The van der Waals surface area contributed by atoms with Gasteiger partial charge in [0.2, 0.25) is 0 Å². The largest absolute Gasteiger partial charge is 0.463 e. The first kappa shape index (κ1) is 23.9. The molecule has 0 aliphatic rings. The van der Waals surface area contributed by atoms with Crippen LogP contribution in [0.1, 0.15) is 65.2 Å². The summed E-state index contributed by atoms with van der Waals surface area (Å²) in [5.41, 5.74) is 0. The van der Waals surface area contributed by atoms with E-state index in [0.717, 1.165) is 63.5 Å². The molecule has 136 valence electrons. The Morgan fingerprint density at radius 1 is 0.739 bits per heavy atom. The lowest BCUT2D eigenvalue weighted by Crippen LogP contribution is -2.06. The van der Waals surface area contributed by atoms with Crippen molar-refractivity contribution in [2.45, 2.75) is 65.2 Å². The Hall–Kier alpha value is -1.36. The van der Waals surface area contributed by atoms with E-state index in [2.05, 4.69) is 19.2 Å². The van der Waals surface area contributed by atoms with Gasteiger partial charge in [-0.05, 0) is 26.9 Å². The fourth-order valence-electron chi connectivity index (χ4n) is 1.64. The molecule has 0 saturated heterocycles. The minimum Gasteiger partial charge on any atom is -0.463 e. The van der Waals surface area contributed by atoms with E-state index in [9.17, 15) is 9.59 Å². The maximum atomic E-state index is 11.3. The van der Waals surface area contributed by atoms with E-state index in [4.69, 9.17) is 9.47 Å². The summed E-state index contributed by atoms with van der Waals surface area (Å²) in [6.07, 6.45) is 10.7. The topological polar surface area (TPSA) is 64.6 Å². The Kier molecular flexibility index (Phi) is 21.4. The van der Waals surface area contributed by atoms with Gasteiger partial charge in [0.05, 0.1) is 13.2 Å². The number of hydrogen-bond donors (Lipinski definition) is 1. The SMILES string of the molecule is CCCCCCOC(=O)C=CC(=O)OCCCCCC.CNC. The summed E-state index contributed by atoms with van der Waals surface area (Å²) in [5, 5.41) is 2.75. The summed E-state index contributed by atoms with van der Waals surface area (Å²) >= 11 is 0. The van der Waals surface area contributed by atoms with E-state index in [-0.39, 0.29) is 0 Å². The van der Waals surface area contributed by atoms with Crippen LogP contribution in [0.15, 0.2) is 12.2 Å². The Labute approximate surface area is 141 Å². The van der Waals surface area contributed by atoms with E-state index < -0.39 is 11.9 Å². The van der Waals surface area contributed by atoms with Crippen LogP contribution in [-0.2, 0) is 19.1 Å². The van der Waals surface area contributed by atoms with Gasteiger partial charge in [0.25, 0.3) is 0 Å². The van der Waals surface area contributed by atoms with Gasteiger partial charge < -0.3 is 14.8 Å². The monoisotopic (exact) mass is 329 g/mol. The highest BCUT2D eigenvalue weighted by Gasteiger charge is 2.01. The van der Waals surface area contributed by atoms with Gasteiger partial charge >= 0.3 is 11.9 Å². The molecule has 1 N–H and O–H groups in total. The first-order valence-electron chi connectivity index (χ1n) is 8.72. The van der Waals surface area contributed by atoms with Crippen LogP contribution in [0, 0.1) is 0 Å². The maximum Gasteiger partial charge on any atom is 0.331 e. The number of rotatable bonds is 12. The van der Waals surface area contributed by atoms with Crippen molar-refractivity contribution in [3.63, 3.8) is 0 Å². The zero-order valence-corrected chi connectivity index (χ0v) is 15.4. The molecular weight excluding hydrogens is 294 g/mol. The molecule has 0 radical (unpaired) electrons. The number of hydrogen-bond acceptors (Lipinski definition) is 5. The quantitative estimate of drug-likeness (QED) is 0.336. The third kappa shape index (κ3) is 23.0. The average molecular weight is 329 g/mol. The molecule has 5 heteroatoms. The fraction of sp³-hybridized carbons (Fsp3) is 0.778. The van der Waals surface area contributed by atoms with Crippen LogP contribution in [0.3, 0.4) is 0 Å². The van der Waals surface area contributed by atoms with Crippen molar-refractivity contribution in [3.8, 4) is 0 Å². The molecule has 0 aromatic heterocycles. The molecule has 5 nitrogen and oxygen atoms in total. The van der Waals surface area contributed by atoms with Crippen LogP contribution >= 0.6 is 0 Å². The first-order valence-corrected chi connectivity index (χ1v) is 8.72. The van der Waals surface area contributed by atoms with Crippen molar-refractivity contribution in [1.29, 1.82) is 0 Å². The third-order valence-electron chi connectivity index (χ3n) is 2.84. The van der Waals surface area contributed by atoms with Gasteiger partial charge in [-0.2, -0.15) is 0 Å². The molecule has 0 saturated carbocycles. The molecule has 23 heavy (non-hydrogen) atoms. The molecule has 0 bridgehead atoms. The van der Waals surface area contributed by atoms with E-state index in [1.165, 1.54) is 0 Å². The van der Waals surface area contributed by atoms with Crippen molar-refractivity contribution in [2.75, 3.05) is 27.3 Å². The molecule has 0 unspecified atom stereocenters. The molecule has 0 amide bonds. The van der Waals surface area contributed by atoms with E-state index in [1.807, 2.05) is 14.1 Å². The Bertz CT molecular complexity index is 275. The van der Waals surface area contributed by atoms with Gasteiger partial charge in [-0.25, -0.2) is 9.59 Å². The molecule has 0 fully saturated rings. The summed E-state index contributed by atoms with van der Waals surface area (Å²) in [4.78, 5) is 22.6. The van der Waals surface area contributed by atoms with Crippen LogP contribution < -0.4 is 5.32 Å². The average Bonchev–Trinajstić information content (AvgIpc) is 2.53. The molecule has 0 aromatic carbocycles. The van der Waals surface area contributed by atoms with Gasteiger partial charge in [-0.15, -0.1) is 0 Å². The number of carbonyl (C=O) groups excluding carboxylic acids is 2. The highest BCUT2D eigenvalue weighted by Crippen LogP contribution is 2.00. The molecule has 0 aliphatic carbocycles. The van der Waals surface area contributed by atoms with Crippen molar-refractivity contribution >= 4 is 11.9 Å². The second-order valence-corrected chi connectivity index (χ2v) is 5.29. The maximum absolute atomic E-state index is 11.3. The van der Waals surface area contributed by atoms with Crippen LogP contribution in [0.4, 0.5) is 0 Å². The number of unbranched alkanes of at least 4 members (excludes halogenated alkanes) is 6. The summed E-state index contributed by atoms with van der Waals surface area (Å²) in [6, 6.07) is 0. The first-order chi connectivity index (χ1) is 11.1. The third-order valence-corrected chi connectivity index (χ3v) is 2.84. The van der Waals surface area contributed by atoms with E-state index in [0.29, 0.717) is 13.2 Å². The van der Waals surface area contributed by atoms with Crippen LogP contribution in [0.5, 0.6) is 0 Å². The molecule has 0 aliphatic heterocycles. The van der Waals surface area contributed by atoms with Gasteiger partial charge in [-0.3, -0.25) is 0 Å². The lowest BCUT2D eigenvalue weighted by Gasteiger charge is -2.02. The zero-order chi connectivity index (χ0) is 17.8.